The second kappa shape index (κ2) is 7.33. The van der Waals surface area contributed by atoms with Crippen molar-refractivity contribution in [3.05, 3.63) is 11.9 Å². The van der Waals surface area contributed by atoms with Gasteiger partial charge >= 0.3 is 0 Å². The topological polar surface area (TPSA) is 39.1 Å². The third-order valence-corrected chi connectivity index (χ3v) is 3.10. The summed E-state index contributed by atoms with van der Waals surface area (Å²) >= 11 is 0. The van der Waals surface area contributed by atoms with Crippen molar-refractivity contribution in [2.24, 2.45) is 5.92 Å². The van der Waals surface area contributed by atoms with E-state index in [1.807, 2.05) is 6.92 Å². The molecule has 4 nitrogen and oxygen atoms in total. The number of aromatic nitrogens is 2. The molecule has 4 heteroatoms. The smallest absolute Gasteiger partial charge is 0.203 e. The van der Waals surface area contributed by atoms with Crippen LogP contribution < -0.4 is 5.32 Å². The first-order chi connectivity index (χ1) is 8.21. The number of methoxy groups -OCH3 is 1. The molecule has 1 N–H and O–H groups in total. The van der Waals surface area contributed by atoms with Crippen molar-refractivity contribution in [3.63, 3.8) is 0 Å². The lowest BCUT2D eigenvalue weighted by molar-refractivity contribution is 0.210. The normalized spacial score (nSPS) is 11.1. The second-order valence-corrected chi connectivity index (χ2v) is 4.46. The van der Waals surface area contributed by atoms with Gasteiger partial charge in [-0.3, -0.25) is 0 Å². The molecular weight excluding hydrogens is 214 g/mol. The van der Waals surface area contributed by atoms with Gasteiger partial charge in [-0.25, -0.2) is 4.98 Å². The summed E-state index contributed by atoms with van der Waals surface area (Å²) in [6, 6.07) is 0. The first-order valence-electron chi connectivity index (χ1n) is 6.47. The zero-order valence-corrected chi connectivity index (χ0v) is 11.5. The molecule has 98 valence electrons. The molecule has 0 saturated carbocycles. The van der Waals surface area contributed by atoms with E-state index >= 15 is 0 Å². The molecule has 0 aliphatic carbocycles. The number of nitrogens with zero attached hydrogens (tertiary/aromatic N) is 2. The molecule has 1 aromatic rings. The molecule has 0 amide bonds. The molecule has 0 radical (unpaired) electrons. The molecule has 0 spiro atoms. The van der Waals surface area contributed by atoms with Gasteiger partial charge in [0.2, 0.25) is 5.95 Å². The fraction of sp³-hybridized carbons (Fsp3) is 0.769. The van der Waals surface area contributed by atoms with Crippen molar-refractivity contribution >= 4 is 5.95 Å². The zero-order valence-electron chi connectivity index (χ0n) is 11.5. The van der Waals surface area contributed by atoms with E-state index in [2.05, 4.69) is 34.9 Å². The Kier molecular flexibility index (Phi) is 6.05. The Morgan fingerprint density at radius 3 is 2.71 bits per heavy atom. The quantitative estimate of drug-likeness (QED) is 0.709. The van der Waals surface area contributed by atoms with Crippen LogP contribution in [0, 0.1) is 12.8 Å². The Morgan fingerprint density at radius 1 is 1.41 bits per heavy atom. The van der Waals surface area contributed by atoms with Crippen LogP contribution in [0.2, 0.25) is 0 Å². The second-order valence-electron chi connectivity index (χ2n) is 4.46. The maximum atomic E-state index is 5.03. The van der Waals surface area contributed by atoms with Gasteiger partial charge in [-0.2, -0.15) is 0 Å². The lowest BCUT2D eigenvalue weighted by Crippen LogP contribution is -2.15. The van der Waals surface area contributed by atoms with E-state index in [-0.39, 0.29) is 0 Å². The number of hydrogen-bond acceptors (Lipinski definition) is 3. The highest BCUT2D eigenvalue weighted by Crippen LogP contribution is 2.15. The van der Waals surface area contributed by atoms with Gasteiger partial charge in [0.15, 0.2) is 0 Å². The van der Waals surface area contributed by atoms with Crippen LogP contribution in [-0.2, 0) is 11.3 Å². The van der Waals surface area contributed by atoms with E-state index in [1.54, 1.807) is 7.11 Å². The predicted octanol–water partition coefficient (Wildman–Crippen LogP) is 2.69. The summed E-state index contributed by atoms with van der Waals surface area (Å²) in [5.41, 5.74) is 1.07. The Hall–Kier alpha value is -1.03. The van der Waals surface area contributed by atoms with Gasteiger partial charge in [0.25, 0.3) is 0 Å². The number of nitrogens with one attached hydrogen (secondary N) is 1. The summed E-state index contributed by atoms with van der Waals surface area (Å²) in [5.74, 6) is 1.69. The third-order valence-electron chi connectivity index (χ3n) is 3.10. The Balaban J connectivity index is 2.63. The molecule has 1 aromatic heterocycles. The van der Waals surface area contributed by atoms with Crippen LogP contribution in [0.1, 0.15) is 32.4 Å². The number of aryl methyl sites for hydroxylation is 1. The predicted molar refractivity (Wildman–Crippen MR) is 71.4 cm³/mol. The van der Waals surface area contributed by atoms with Crippen LogP contribution in [-0.4, -0.2) is 29.8 Å². The minimum atomic E-state index is 0.705. The lowest BCUT2D eigenvalue weighted by Gasteiger charge is -2.15. The molecular formula is C13H25N3O. The van der Waals surface area contributed by atoms with E-state index < -0.39 is 0 Å². The molecule has 0 unspecified atom stereocenters. The van der Waals surface area contributed by atoms with Crippen LogP contribution in [0.5, 0.6) is 0 Å². The highest BCUT2D eigenvalue weighted by molar-refractivity contribution is 5.28. The number of ether oxygens (including phenoxy) is 1. The molecule has 0 atom stereocenters. The first-order valence-corrected chi connectivity index (χ1v) is 6.47. The van der Waals surface area contributed by atoms with Gasteiger partial charge in [-0.05, 0) is 12.8 Å². The molecule has 1 rings (SSSR count). The van der Waals surface area contributed by atoms with Crippen molar-refractivity contribution in [2.75, 3.05) is 25.6 Å². The molecule has 0 fully saturated rings. The number of imidazole rings is 1. The van der Waals surface area contributed by atoms with Crippen LogP contribution in [0.4, 0.5) is 5.95 Å². The fourth-order valence-electron chi connectivity index (χ4n) is 1.92. The summed E-state index contributed by atoms with van der Waals surface area (Å²) in [6.07, 6.45) is 4.55. The maximum absolute atomic E-state index is 5.03. The van der Waals surface area contributed by atoms with Gasteiger partial charge in [-0.1, -0.05) is 26.7 Å². The Morgan fingerprint density at radius 2 is 2.12 bits per heavy atom. The first kappa shape index (κ1) is 14.0. The monoisotopic (exact) mass is 239 g/mol. The van der Waals surface area contributed by atoms with E-state index in [0.29, 0.717) is 6.61 Å². The Bertz CT molecular complexity index is 318. The molecule has 17 heavy (non-hydrogen) atoms. The summed E-state index contributed by atoms with van der Waals surface area (Å²) < 4.78 is 7.26. The standard InChI is InChI=1S/C13H25N3O/c1-5-12(6-2)10-16-9-11(3)15-13(16)14-7-8-17-4/h9,12H,5-8,10H2,1-4H3,(H,14,15). The molecule has 0 aliphatic heterocycles. The highest BCUT2D eigenvalue weighted by Gasteiger charge is 2.09. The minimum Gasteiger partial charge on any atom is -0.383 e. The average molecular weight is 239 g/mol. The minimum absolute atomic E-state index is 0.705. The van der Waals surface area contributed by atoms with Crippen molar-refractivity contribution in [3.8, 4) is 0 Å². The van der Waals surface area contributed by atoms with Gasteiger partial charge < -0.3 is 14.6 Å². The fourth-order valence-corrected chi connectivity index (χ4v) is 1.92. The average Bonchev–Trinajstić information content (AvgIpc) is 2.67. The van der Waals surface area contributed by atoms with Gasteiger partial charge in [-0.15, -0.1) is 0 Å². The lowest BCUT2D eigenvalue weighted by atomic mass is 10.0. The van der Waals surface area contributed by atoms with E-state index in [1.165, 1.54) is 12.8 Å². The number of rotatable bonds is 8. The van der Waals surface area contributed by atoms with Crippen LogP contribution >= 0.6 is 0 Å². The van der Waals surface area contributed by atoms with Crippen LogP contribution in [0.15, 0.2) is 6.20 Å². The highest BCUT2D eigenvalue weighted by atomic mass is 16.5. The third kappa shape index (κ3) is 4.38. The summed E-state index contributed by atoms with van der Waals surface area (Å²) in [5, 5.41) is 3.32. The number of anilines is 1. The van der Waals surface area contributed by atoms with Crippen LogP contribution in [0.3, 0.4) is 0 Å². The molecule has 0 aliphatic rings. The largest absolute Gasteiger partial charge is 0.383 e. The molecule has 0 aromatic carbocycles. The molecule has 0 saturated heterocycles. The van der Waals surface area contributed by atoms with Crippen molar-refractivity contribution in [2.45, 2.75) is 40.2 Å². The van der Waals surface area contributed by atoms with Crippen molar-refractivity contribution < 1.29 is 4.74 Å². The summed E-state index contributed by atoms with van der Waals surface area (Å²) in [6.45, 7) is 9.08. The van der Waals surface area contributed by atoms with Crippen molar-refractivity contribution in [1.82, 2.24) is 9.55 Å². The SMILES string of the molecule is CCC(CC)Cn1cc(C)nc1NCCOC. The van der Waals surface area contributed by atoms with Crippen molar-refractivity contribution in [1.29, 1.82) is 0 Å². The molecule has 1 heterocycles. The van der Waals surface area contributed by atoms with Gasteiger partial charge in [0.1, 0.15) is 0 Å². The van der Waals surface area contributed by atoms with E-state index in [0.717, 1.165) is 30.6 Å². The van der Waals surface area contributed by atoms with E-state index in [4.69, 9.17) is 4.74 Å². The Labute approximate surface area is 104 Å². The maximum Gasteiger partial charge on any atom is 0.203 e. The molecule has 0 bridgehead atoms. The van der Waals surface area contributed by atoms with E-state index in [9.17, 15) is 0 Å². The van der Waals surface area contributed by atoms with Crippen LogP contribution in [0.25, 0.3) is 0 Å². The summed E-state index contributed by atoms with van der Waals surface area (Å²) in [7, 11) is 1.71. The van der Waals surface area contributed by atoms with Gasteiger partial charge in [0, 0.05) is 26.4 Å². The zero-order chi connectivity index (χ0) is 12.7. The number of hydrogen-bond donors (Lipinski definition) is 1. The van der Waals surface area contributed by atoms with Gasteiger partial charge in [0.05, 0.1) is 12.3 Å². The summed E-state index contributed by atoms with van der Waals surface area (Å²) in [4.78, 5) is 4.50.